The van der Waals surface area contributed by atoms with Gasteiger partial charge in [0.1, 0.15) is 24.4 Å². The average molecular weight is 850 g/mol. The molecular formula is C51H95NO8. The van der Waals surface area contributed by atoms with Gasteiger partial charge in [0, 0.05) is 6.42 Å². The summed E-state index contributed by atoms with van der Waals surface area (Å²) in [6.45, 7) is 3.75. The highest BCUT2D eigenvalue weighted by atomic mass is 16.7. The number of nitrogens with one attached hydrogen (secondary N) is 1. The van der Waals surface area contributed by atoms with Crippen LogP contribution in [0.2, 0.25) is 0 Å². The van der Waals surface area contributed by atoms with Gasteiger partial charge >= 0.3 is 0 Å². The molecular weight excluding hydrogens is 755 g/mol. The van der Waals surface area contributed by atoms with Crippen LogP contribution in [0.1, 0.15) is 226 Å². The van der Waals surface area contributed by atoms with Crippen molar-refractivity contribution >= 4 is 5.91 Å². The number of carbonyl (C=O) groups excluding carboxylic acids is 1. The lowest BCUT2D eigenvalue weighted by molar-refractivity contribution is -0.302. The Morgan fingerprint density at radius 3 is 1.43 bits per heavy atom. The van der Waals surface area contributed by atoms with Crippen molar-refractivity contribution in [2.24, 2.45) is 0 Å². The fourth-order valence-corrected chi connectivity index (χ4v) is 7.89. The summed E-state index contributed by atoms with van der Waals surface area (Å²) in [6, 6.07) is -0.803. The van der Waals surface area contributed by atoms with Gasteiger partial charge < -0.3 is 40.3 Å². The lowest BCUT2D eigenvalue weighted by Crippen LogP contribution is -2.60. The highest BCUT2D eigenvalue weighted by molar-refractivity contribution is 5.76. The number of aliphatic hydroxyl groups is 5. The maximum absolute atomic E-state index is 13.0. The highest BCUT2D eigenvalue weighted by Crippen LogP contribution is 2.23. The van der Waals surface area contributed by atoms with Crippen LogP contribution in [0.3, 0.4) is 0 Å². The Bertz CT molecular complexity index is 1030. The van der Waals surface area contributed by atoms with Crippen LogP contribution in [0, 0.1) is 0 Å². The van der Waals surface area contributed by atoms with E-state index >= 15 is 0 Å². The number of unbranched alkanes of at least 4 members (excludes halogenated alkanes) is 28. The molecule has 0 bridgehead atoms. The Morgan fingerprint density at radius 1 is 0.567 bits per heavy atom. The quantitative estimate of drug-likeness (QED) is 0.0263. The average Bonchev–Trinajstić information content (AvgIpc) is 3.25. The zero-order chi connectivity index (χ0) is 43.7. The van der Waals surface area contributed by atoms with Gasteiger partial charge in [0.25, 0.3) is 0 Å². The van der Waals surface area contributed by atoms with Gasteiger partial charge in [-0.2, -0.15) is 0 Å². The number of carbonyl (C=O) groups is 1. The van der Waals surface area contributed by atoms with E-state index in [4.69, 9.17) is 9.47 Å². The second kappa shape index (κ2) is 41.4. The molecule has 1 rings (SSSR count). The molecule has 7 atom stereocenters. The van der Waals surface area contributed by atoms with Gasteiger partial charge in [0.2, 0.25) is 5.91 Å². The predicted molar refractivity (Wildman–Crippen MR) is 249 cm³/mol. The van der Waals surface area contributed by atoms with Gasteiger partial charge in [-0.05, 0) is 51.4 Å². The molecule has 0 aromatic rings. The molecule has 1 heterocycles. The third kappa shape index (κ3) is 31.3. The highest BCUT2D eigenvalue weighted by Gasteiger charge is 2.44. The second-order valence-corrected chi connectivity index (χ2v) is 17.6. The Morgan fingerprint density at radius 2 is 0.983 bits per heavy atom. The molecule has 0 aromatic carbocycles. The molecule has 1 saturated heterocycles. The first-order valence-electron chi connectivity index (χ1n) is 25.2. The fraction of sp³-hybridized carbons (Fsp3) is 0.863. The van der Waals surface area contributed by atoms with Gasteiger partial charge in [-0.15, -0.1) is 0 Å². The first-order valence-corrected chi connectivity index (χ1v) is 25.2. The first-order chi connectivity index (χ1) is 29.3. The van der Waals surface area contributed by atoms with Gasteiger partial charge in [0.15, 0.2) is 6.29 Å². The summed E-state index contributed by atoms with van der Waals surface area (Å²) in [7, 11) is 0. The molecule has 6 N–H and O–H groups in total. The van der Waals surface area contributed by atoms with Crippen molar-refractivity contribution in [3.63, 3.8) is 0 Å². The minimum absolute atomic E-state index is 0.181. The molecule has 1 aliphatic rings. The SMILES string of the molecule is CCCCCCCCCC/C=C/C(O)C(COC1OC(CO)C(O)C(O)C1O)NC(=O)CCCCCCCCCCCCC/C=C\C/C=C\CCCCCCCCCCC. The molecule has 1 aliphatic heterocycles. The van der Waals surface area contributed by atoms with Crippen LogP contribution in [0.4, 0.5) is 0 Å². The molecule has 0 radical (unpaired) electrons. The molecule has 0 spiro atoms. The summed E-state index contributed by atoms with van der Waals surface area (Å²) in [5.74, 6) is -0.181. The van der Waals surface area contributed by atoms with E-state index in [1.54, 1.807) is 6.08 Å². The zero-order valence-corrected chi connectivity index (χ0v) is 38.7. The Labute approximate surface area is 368 Å². The van der Waals surface area contributed by atoms with E-state index in [-0.39, 0.29) is 12.5 Å². The van der Waals surface area contributed by atoms with Gasteiger partial charge in [-0.25, -0.2) is 0 Å². The molecule has 9 heteroatoms. The van der Waals surface area contributed by atoms with Crippen molar-refractivity contribution in [2.45, 2.75) is 269 Å². The summed E-state index contributed by atoms with van der Waals surface area (Å²) in [5, 5.41) is 54.1. The maximum Gasteiger partial charge on any atom is 0.220 e. The Kier molecular flexibility index (Phi) is 39.0. The third-order valence-corrected chi connectivity index (χ3v) is 12.0. The number of allylic oxidation sites excluding steroid dienone is 5. The number of amides is 1. The summed E-state index contributed by atoms with van der Waals surface area (Å²) in [6.07, 6.45) is 45.0. The molecule has 352 valence electrons. The number of hydrogen-bond donors (Lipinski definition) is 6. The predicted octanol–water partition coefficient (Wildman–Crippen LogP) is 11.2. The molecule has 1 amide bonds. The van der Waals surface area contributed by atoms with Gasteiger partial charge in [-0.1, -0.05) is 204 Å². The molecule has 0 saturated carbocycles. The molecule has 0 aliphatic carbocycles. The number of rotatable bonds is 42. The second-order valence-electron chi connectivity index (χ2n) is 17.6. The number of ether oxygens (including phenoxy) is 2. The van der Waals surface area contributed by atoms with Crippen LogP contribution in [0.25, 0.3) is 0 Å². The van der Waals surface area contributed by atoms with E-state index in [1.807, 2.05) is 6.08 Å². The van der Waals surface area contributed by atoms with E-state index in [0.717, 1.165) is 44.9 Å². The lowest BCUT2D eigenvalue weighted by Gasteiger charge is -2.40. The van der Waals surface area contributed by atoms with E-state index < -0.39 is 49.5 Å². The third-order valence-electron chi connectivity index (χ3n) is 12.0. The largest absolute Gasteiger partial charge is 0.394 e. The molecule has 0 aromatic heterocycles. The van der Waals surface area contributed by atoms with Crippen molar-refractivity contribution in [3.05, 3.63) is 36.5 Å². The topological polar surface area (TPSA) is 149 Å². The van der Waals surface area contributed by atoms with Crippen LogP contribution in [-0.4, -0.2) is 87.5 Å². The standard InChI is InChI=1S/C51H95NO8/c1-3-5-7-9-11-13-15-16-17-18-19-20-21-22-23-24-25-26-27-28-29-30-31-33-35-37-39-41-47(55)52-44(43-59-51-50(58)49(57)48(56)46(42-53)60-51)45(54)40-38-36-34-32-14-12-10-8-6-4-2/h19-20,22-23,38,40,44-46,48-51,53-54,56-58H,3-18,21,24-37,39,41-43H2,1-2H3,(H,52,55)/b20-19-,23-22-,40-38+. The minimum Gasteiger partial charge on any atom is -0.394 e. The van der Waals surface area contributed by atoms with Crippen molar-refractivity contribution < 1.29 is 39.8 Å². The van der Waals surface area contributed by atoms with Crippen LogP contribution in [0.5, 0.6) is 0 Å². The molecule has 7 unspecified atom stereocenters. The lowest BCUT2D eigenvalue weighted by atomic mass is 9.99. The fourth-order valence-electron chi connectivity index (χ4n) is 7.89. The molecule has 60 heavy (non-hydrogen) atoms. The van der Waals surface area contributed by atoms with Gasteiger partial charge in [0.05, 0.1) is 25.4 Å². The summed E-state index contributed by atoms with van der Waals surface area (Å²) < 4.78 is 11.2. The molecule has 9 nitrogen and oxygen atoms in total. The smallest absolute Gasteiger partial charge is 0.220 e. The molecule has 1 fully saturated rings. The van der Waals surface area contributed by atoms with E-state index in [0.29, 0.717) is 6.42 Å². The Hall–Kier alpha value is -1.59. The summed E-state index contributed by atoms with van der Waals surface area (Å²) in [5.41, 5.74) is 0. The monoisotopic (exact) mass is 850 g/mol. The van der Waals surface area contributed by atoms with E-state index in [2.05, 4.69) is 43.5 Å². The minimum atomic E-state index is -1.56. The van der Waals surface area contributed by atoms with Crippen LogP contribution in [-0.2, 0) is 14.3 Å². The van der Waals surface area contributed by atoms with Crippen LogP contribution >= 0.6 is 0 Å². The Balaban J connectivity index is 2.19. The number of aliphatic hydroxyl groups excluding tert-OH is 5. The van der Waals surface area contributed by atoms with Crippen molar-refractivity contribution in [1.82, 2.24) is 5.32 Å². The zero-order valence-electron chi connectivity index (χ0n) is 38.7. The maximum atomic E-state index is 13.0. The normalized spacial score (nSPS) is 20.8. The van der Waals surface area contributed by atoms with Crippen LogP contribution in [0.15, 0.2) is 36.5 Å². The number of hydrogen-bond acceptors (Lipinski definition) is 8. The van der Waals surface area contributed by atoms with E-state index in [1.165, 1.54) is 161 Å². The van der Waals surface area contributed by atoms with Crippen molar-refractivity contribution in [1.29, 1.82) is 0 Å². The summed E-state index contributed by atoms with van der Waals surface area (Å²) in [4.78, 5) is 13.0. The van der Waals surface area contributed by atoms with E-state index in [9.17, 15) is 30.3 Å². The van der Waals surface area contributed by atoms with Crippen molar-refractivity contribution in [2.75, 3.05) is 13.2 Å². The van der Waals surface area contributed by atoms with Gasteiger partial charge in [-0.3, -0.25) is 4.79 Å². The summed E-state index contributed by atoms with van der Waals surface area (Å²) >= 11 is 0. The van der Waals surface area contributed by atoms with Crippen molar-refractivity contribution in [3.8, 4) is 0 Å². The van der Waals surface area contributed by atoms with Crippen LogP contribution < -0.4 is 5.32 Å². The first kappa shape index (κ1) is 56.4.